The van der Waals surface area contributed by atoms with Crippen molar-refractivity contribution in [1.82, 2.24) is 10.2 Å². The summed E-state index contributed by atoms with van der Waals surface area (Å²) in [7, 11) is 0. The number of nitrogens with zero attached hydrogens (tertiary/aromatic N) is 1. The first-order chi connectivity index (χ1) is 6.34. The zero-order valence-corrected chi connectivity index (χ0v) is 8.25. The van der Waals surface area contributed by atoms with Crippen LogP contribution >= 0.6 is 0 Å². The molecular formula is C10H18N2O. The van der Waals surface area contributed by atoms with Gasteiger partial charge >= 0.3 is 0 Å². The van der Waals surface area contributed by atoms with Gasteiger partial charge in [0.25, 0.3) is 0 Å². The van der Waals surface area contributed by atoms with Crippen LogP contribution in [0.2, 0.25) is 0 Å². The third-order valence-electron chi connectivity index (χ3n) is 2.23. The average Bonchev–Trinajstić information content (AvgIpc) is 2.65. The Morgan fingerprint density at radius 1 is 1.46 bits per heavy atom. The van der Waals surface area contributed by atoms with E-state index in [0.717, 1.165) is 19.6 Å². The van der Waals surface area contributed by atoms with Crippen molar-refractivity contribution in [3.63, 3.8) is 0 Å². The van der Waals surface area contributed by atoms with Gasteiger partial charge in [-0.2, -0.15) is 0 Å². The minimum Gasteiger partial charge on any atom is -0.342 e. The molecular weight excluding hydrogens is 164 g/mol. The van der Waals surface area contributed by atoms with Crippen molar-refractivity contribution in [1.29, 1.82) is 0 Å². The fourth-order valence-electron chi connectivity index (χ4n) is 1.46. The van der Waals surface area contributed by atoms with Gasteiger partial charge in [-0.3, -0.25) is 4.79 Å². The van der Waals surface area contributed by atoms with Gasteiger partial charge in [0.2, 0.25) is 5.91 Å². The fraction of sp³-hybridized carbons (Fsp3) is 0.700. The van der Waals surface area contributed by atoms with Gasteiger partial charge in [0, 0.05) is 19.6 Å². The summed E-state index contributed by atoms with van der Waals surface area (Å²) in [4.78, 5) is 13.4. The van der Waals surface area contributed by atoms with Crippen molar-refractivity contribution in [2.24, 2.45) is 0 Å². The van der Waals surface area contributed by atoms with Crippen LogP contribution in [0.15, 0.2) is 12.2 Å². The number of amides is 1. The summed E-state index contributed by atoms with van der Waals surface area (Å²) < 4.78 is 0. The van der Waals surface area contributed by atoms with Crippen LogP contribution in [0.25, 0.3) is 0 Å². The molecule has 3 heteroatoms. The zero-order valence-electron chi connectivity index (χ0n) is 8.25. The maximum absolute atomic E-state index is 11.4. The molecule has 1 amide bonds. The lowest BCUT2D eigenvalue weighted by molar-refractivity contribution is -0.129. The van der Waals surface area contributed by atoms with Crippen molar-refractivity contribution in [3.05, 3.63) is 12.2 Å². The van der Waals surface area contributed by atoms with E-state index >= 15 is 0 Å². The summed E-state index contributed by atoms with van der Waals surface area (Å²) >= 11 is 0. The number of hydrogen-bond donors (Lipinski definition) is 1. The molecule has 1 heterocycles. The first-order valence-electron chi connectivity index (χ1n) is 4.94. The normalized spacial score (nSPS) is 17.2. The van der Waals surface area contributed by atoms with Crippen LogP contribution < -0.4 is 5.32 Å². The number of rotatable bonds is 4. The summed E-state index contributed by atoms with van der Waals surface area (Å²) in [6, 6.07) is 0. The second-order valence-electron chi connectivity index (χ2n) is 3.29. The second kappa shape index (κ2) is 5.75. The molecule has 1 N–H and O–H groups in total. The first kappa shape index (κ1) is 10.3. The third kappa shape index (κ3) is 3.59. The van der Waals surface area contributed by atoms with E-state index in [1.807, 2.05) is 24.0 Å². The minimum absolute atomic E-state index is 0.238. The molecule has 1 aliphatic heterocycles. The van der Waals surface area contributed by atoms with Gasteiger partial charge in [0.15, 0.2) is 0 Å². The molecule has 0 aromatic carbocycles. The number of allylic oxidation sites excluding steroid dienone is 1. The smallest absolute Gasteiger partial charge is 0.236 e. The van der Waals surface area contributed by atoms with Crippen LogP contribution in [0.1, 0.15) is 19.8 Å². The molecule has 0 radical (unpaired) electrons. The highest BCUT2D eigenvalue weighted by Gasteiger charge is 2.16. The Hall–Kier alpha value is -0.830. The van der Waals surface area contributed by atoms with E-state index in [0.29, 0.717) is 6.54 Å². The van der Waals surface area contributed by atoms with Gasteiger partial charge in [0.05, 0.1) is 6.54 Å². The highest BCUT2D eigenvalue weighted by Crippen LogP contribution is 2.06. The molecule has 0 unspecified atom stereocenters. The van der Waals surface area contributed by atoms with Gasteiger partial charge in [-0.05, 0) is 19.8 Å². The van der Waals surface area contributed by atoms with E-state index < -0.39 is 0 Å². The predicted octanol–water partition coefficient (Wildman–Crippen LogP) is 0.774. The van der Waals surface area contributed by atoms with Crippen LogP contribution in [0.3, 0.4) is 0 Å². The Labute approximate surface area is 79.8 Å². The third-order valence-corrected chi connectivity index (χ3v) is 2.23. The first-order valence-corrected chi connectivity index (χ1v) is 4.94. The Kier molecular flexibility index (Phi) is 4.54. The second-order valence-corrected chi connectivity index (χ2v) is 3.29. The number of nitrogens with one attached hydrogen (secondary N) is 1. The molecule has 0 aromatic rings. The lowest BCUT2D eigenvalue weighted by atomic mass is 10.4. The fourth-order valence-corrected chi connectivity index (χ4v) is 1.46. The molecule has 74 valence electrons. The maximum atomic E-state index is 11.4. The minimum atomic E-state index is 0.238. The van der Waals surface area contributed by atoms with Crippen LogP contribution in [-0.4, -0.2) is 37.0 Å². The highest BCUT2D eigenvalue weighted by molar-refractivity contribution is 5.78. The van der Waals surface area contributed by atoms with Crippen LogP contribution in [0, 0.1) is 0 Å². The Bertz CT molecular complexity index is 183. The molecule has 0 aromatic heterocycles. The van der Waals surface area contributed by atoms with Gasteiger partial charge in [-0.15, -0.1) is 0 Å². The van der Waals surface area contributed by atoms with Crippen molar-refractivity contribution in [2.75, 3.05) is 26.2 Å². The summed E-state index contributed by atoms with van der Waals surface area (Å²) in [5, 5.41) is 3.08. The molecule has 0 saturated carbocycles. The largest absolute Gasteiger partial charge is 0.342 e. The molecule has 13 heavy (non-hydrogen) atoms. The molecule has 0 aliphatic carbocycles. The van der Waals surface area contributed by atoms with E-state index in [2.05, 4.69) is 5.32 Å². The van der Waals surface area contributed by atoms with E-state index in [1.165, 1.54) is 12.8 Å². The van der Waals surface area contributed by atoms with Crippen molar-refractivity contribution < 1.29 is 4.79 Å². The Balaban J connectivity index is 2.09. The summed E-state index contributed by atoms with van der Waals surface area (Å²) in [5.74, 6) is 0.238. The van der Waals surface area contributed by atoms with Crippen LogP contribution in [0.5, 0.6) is 0 Å². The standard InChI is InChI=1S/C10H18N2O/c1-2-3-6-11-9-10(13)12-7-4-5-8-12/h2-3,11H,4-9H2,1H3/b3-2+. The molecule has 3 nitrogen and oxygen atoms in total. The highest BCUT2D eigenvalue weighted by atomic mass is 16.2. The number of carbonyl (C=O) groups is 1. The SMILES string of the molecule is C/C=C/CNCC(=O)N1CCCC1. The van der Waals surface area contributed by atoms with Gasteiger partial charge < -0.3 is 10.2 Å². The molecule has 0 bridgehead atoms. The molecule has 0 spiro atoms. The lowest BCUT2D eigenvalue weighted by Gasteiger charge is -2.14. The molecule has 1 saturated heterocycles. The van der Waals surface area contributed by atoms with Crippen molar-refractivity contribution in [3.8, 4) is 0 Å². The summed E-state index contributed by atoms with van der Waals surface area (Å²) in [6.45, 7) is 5.14. The monoisotopic (exact) mass is 182 g/mol. The van der Waals surface area contributed by atoms with Crippen LogP contribution in [-0.2, 0) is 4.79 Å². The van der Waals surface area contributed by atoms with E-state index in [4.69, 9.17) is 0 Å². The molecule has 1 aliphatic rings. The molecule has 0 atom stereocenters. The van der Waals surface area contributed by atoms with E-state index in [-0.39, 0.29) is 5.91 Å². The molecule has 1 rings (SSSR count). The summed E-state index contributed by atoms with van der Waals surface area (Å²) in [6.07, 6.45) is 6.33. The maximum Gasteiger partial charge on any atom is 0.236 e. The van der Waals surface area contributed by atoms with E-state index in [9.17, 15) is 4.79 Å². The molecule has 1 fully saturated rings. The predicted molar refractivity (Wildman–Crippen MR) is 53.5 cm³/mol. The van der Waals surface area contributed by atoms with Gasteiger partial charge in [0.1, 0.15) is 0 Å². The number of likely N-dealkylation sites (tertiary alicyclic amines) is 1. The number of carbonyl (C=O) groups excluding carboxylic acids is 1. The van der Waals surface area contributed by atoms with Gasteiger partial charge in [-0.25, -0.2) is 0 Å². The number of hydrogen-bond acceptors (Lipinski definition) is 2. The Morgan fingerprint density at radius 3 is 2.77 bits per heavy atom. The topological polar surface area (TPSA) is 32.3 Å². The van der Waals surface area contributed by atoms with Crippen LogP contribution in [0.4, 0.5) is 0 Å². The van der Waals surface area contributed by atoms with Gasteiger partial charge in [-0.1, -0.05) is 12.2 Å². The quantitative estimate of drug-likeness (QED) is 0.514. The van der Waals surface area contributed by atoms with Crippen molar-refractivity contribution in [2.45, 2.75) is 19.8 Å². The van der Waals surface area contributed by atoms with Crippen molar-refractivity contribution >= 4 is 5.91 Å². The van der Waals surface area contributed by atoms with E-state index in [1.54, 1.807) is 0 Å². The summed E-state index contributed by atoms with van der Waals surface area (Å²) in [5.41, 5.74) is 0. The average molecular weight is 182 g/mol. The zero-order chi connectivity index (χ0) is 9.52. The Morgan fingerprint density at radius 2 is 2.15 bits per heavy atom. The lowest BCUT2D eigenvalue weighted by Crippen LogP contribution is -2.36.